The Morgan fingerprint density at radius 1 is 1.38 bits per heavy atom. The molecular formula is C5H6CuLiS. The van der Waals surface area contributed by atoms with Gasteiger partial charge in [-0.3, -0.25) is 0 Å². The molecule has 1 rings (SSSR count). The maximum Gasteiger partial charge on any atom is 2.00 e. The Hall–Kier alpha value is 0.817. The minimum Gasteiger partial charge on any atom is -0.358 e. The van der Waals surface area contributed by atoms with Crippen LogP contribution in [0, 0.1) is 12.8 Å². The molecule has 3 heteroatoms. The summed E-state index contributed by atoms with van der Waals surface area (Å²) in [4.78, 5) is 0. The van der Waals surface area contributed by atoms with Gasteiger partial charge in [0.2, 0.25) is 0 Å². The van der Waals surface area contributed by atoms with Gasteiger partial charge in [-0.15, -0.1) is 5.38 Å². The van der Waals surface area contributed by atoms with E-state index in [1.165, 1.54) is 0 Å². The van der Waals surface area contributed by atoms with Gasteiger partial charge in [-0.2, -0.15) is 11.4 Å². The van der Waals surface area contributed by atoms with Crippen molar-refractivity contribution in [2.24, 2.45) is 0 Å². The zero-order valence-corrected chi connectivity index (χ0v) is 6.70. The summed E-state index contributed by atoms with van der Waals surface area (Å²) in [5.41, 5.74) is 0. The molecule has 0 saturated heterocycles. The van der Waals surface area contributed by atoms with E-state index in [0.717, 1.165) is 0 Å². The van der Waals surface area contributed by atoms with Gasteiger partial charge in [-0.25, -0.2) is 6.07 Å². The monoisotopic (exact) mass is 168 g/mol. The van der Waals surface area contributed by atoms with Crippen LogP contribution in [0.15, 0.2) is 17.5 Å². The number of rotatable bonds is 0. The molecule has 2 radical (unpaired) electrons. The van der Waals surface area contributed by atoms with Gasteiger partial charge < -0.3 is 18.8 Å². The fourth-order valence-electron chi connectivity index (χ4n) is 0.196. The molecular weight excluding hydrogens is 163 g/mol. The van der Waals surface area contributed by atoms with E-state index < -0.39 is 0 Å². The van der Waals surface area contributed by atoms with E-state index in [9.17, 15) is 0 Å². The van der Waals surface area contributed by atoms with Gasteiger partial charge in [0.25, 0.3) is 0 Å². The number of hydrogen-bond donors (Lipinski definition) is 0. The van der Waals surface area contributed by atoms with E-state index in [2.05, 4.69) is 5.38 Å². The van der Waals surface area contributed by atoms with Crippen LogP contribution in [-0.4, -0.2) is 18.9 Å². The molecule has 0 fully saturated rings. The fourth-order valence-corrected chi connectivity index (χ4v) is 0.589. The number of thiophene rings is 1. The second-order valence-corrected chi connectivity index (χ2v) is 1.47. The summed E-state index contributed by atoms with van der Waals surface area (Å²) in [6.07, 6.45) is 0. The van der Waals surface area contributed by atoms with Crippen LogP contribution in [0.25, 0.3) is 0 Å². The standard InChI is InChI=1S/C4H3S.CH3.Cu.Li/c1-2-4-5-3-1;;;/h1-3H;1H3;;/q2*-1;+2;. The Morgan fingerprint density at radius 3 is 2.12 bits per heavy atom. The SMILES string of the molecule is [CH3-].[Cu+2].[Li].[c-]1cccs1. The fraction of sp³-hybridized carbons (Fsp3) is 0. The van der Waals surface area contributed by atoms with E-state index >= 15 is 0 Å². The summed E-state index contributed by atoms with van der Waals surface area (Å²) in [6, 6.07) is 3.86. The quantitative estimate of drug-likeness (QED) is 0.408. The van der Waals surface area contributed by atoms with Gasteiger partial charge in [-0.05, 0) is 0 Å². The summed E-state index contributed by atoms with van der Waals surface area (Å²) in [5.74, 6) is 0. The number of hydrogen-bond acceptors (Lipinski definition) is 1. The van der Waals surface area contributed by atoms with E-state index in [0.29, 0.717) is 0 Å². The second-order valence-electron chi connectivity index (χ2n) is 0.731. The van der Waals surface area contributed by atoms with Crippen molar-refractivity contribution in [2.75, 3.05) is 0 Å². The van der Waals surface area contributed by atoms with E-state index in [-0.39, 0.29) is 43.4 Å². The van der Waals surface area contributed by atoms with Gasteiger partial charge >= 0.3 is 17.1 Å². The van der Waals surface area contributed by atoms with Crippen molar-refractivity contribution in [3.63, 3.8) is 0 Å². The normalized spacial score (nSPS) is 5.00. The Balaban J connectivity index is -0.0000000833. The van der Waals surface area contributed by atoms with Crippen LogP contribution in [0.2, 0.25) is 0 Å². The van der Waals surface area contributed by atoms with Crippen LogP contribution in [0.5, 0.6) is 0 Å². The predicted octanol–water partition coefficient (Wildman–Crippen LogP) is 1.62. The first-order chi connectivity index (χ1) is 2.50. The molecule has 0 unspecified atom stereocenters. The first-order valence-electron chi connectivity index (χ1n) is 1.40. The van der Waals surface area contributed by atoms with Crippen molar-refractivity contribution < 1.29 is 17.1 Å². The average molecular weight is 169 g/mol. The molecule has 0 aliphatic rings. The van der Waals surface area contributed by atoms with Gasteiger partial charge in [0.05, 0.1) is 0 Å². The summed E-state index contributed by atoms with van der Waals surface area (Å²) in [5, 5.41) is 4.89. The molecule has 0 aliphatic heterocycles. The largest absolute Gasteiger partial charge is 2.00 e. The zero-order chi connectivity index (χ0) is 3.54. The molecule has 0 N–H and O–H groups in total. The molecule has 1 aromatic heterocycles. The van der Waals surface area contributed by atoms with Crippen LogP contribution in [0.4, 0.5) is 0 Å². The molecule has 1 heterocycles. The van der Waals surface area contributed by atoms with Crippen molar-refractivity contribution in [2.45, 2.75) is 0 Å². The van der Waals surface area contributed by atoms with Crippen molar-refractivity contribution in [1.29, 1.82) is 0 Å². The maximum atomic E-state index is 2.90. The first kappa shape index (κ1) is 15.9. The minimum atomic E-state index is 0. The van der Waals surface area contributed by atoms with Crippen LogP contribution in [-0.2, 0) is 17.1 Å². The maximum absolute atomic E-state index is 2.90. The van der Waals surface area contributed by atoms with Crippen LogP contribution in [0.1, 0.15) is 0 Å². The smallest absolute Gasteiger partial charge is 0.358 e. The van der Waals surface area contributed by atoms with Crippen LogP contribution >= 0.6 is 11.3 Å². The van der Waals surface area contributed by atoms with Crippen molar-refractivity contribution in [3.05, 3.63) is 30.3 Å². The van der Waals surface area contributed by atoms with Crippen molar-refractivity contribution in [3.8, 4) is 0 Å². The van der Waals surface area contributed by atoms with Crippen LogP contribution < -0.4 is 0 Å². The Kier molecular flexibility index (Phi) is 21.4. The molecule has 44 valence electrons. The van der Waals surface area contributed by atoms with Crippen molar-refractivity contribution in [1.82, 2.24) is 0 Å². The van der Waals surface area contributed by atoms with Gasteiger partial charge in [-0.1, -0.05) is 0 Å². The Morgan fingerprint density at radius 2 is 2.00 bits per heavy atom. The summed E-state index contributed by atoms with van der Waals surface area (Å²) >= 11 is 1.59. The third-order valence-electron chi connectivity index (χ3n) is 0.379. The Bertz CT molecular complexity index is 68.9. The summed E-state index contributed by atoms with van der Waals surface area (Å²) < 4.78 is 0. The molecule has 0 spiro atoms. The molecule has 0 saturated carbocycles. The van der Waals surface area contributed by atoms with Crippen molar-refractivity contribution >= 4 is 30.2 Å². The van der Waals surface area contributed by atoms with E-state index in [1.54, 1.807) is 11.3 Å². The molecule has 0 atom stereocenters. The predicted molar refractivity (Wildman–Crippen MR) is 35.3 cm³/mol. The second kappa shape index (κ2) is 10.7. The molecule has 8 heavy (non-hydrogen) atoms. The summed E-state index contributed by atoms with van der Waals surface area (Å²) in [6.45, 7) is 0. The Labute approximate surface area is 77.3 Å². The average Bonchev–Trinajstić information content (AvgIpc) is 1.76. The molecule has 0 aromatic carbocycles. The third kappa shape index (κ3) is 6.82. The van der Waals surface area contributed by atoms with E-state index in [1.807, 2.05) is 17.5 Å². The molecule has 0 amide bonds. The molecule has 0 bridgehead atoms. The zero-order valence-electron chi connectivity index (χ0n) is 4.94. The molecule has 0 aliphatic carbocycles. The van der Waals surface area contributed by atoms with Gasteiger partial charge in [0.1, 0.15) is 0 Å². The summed E-state index contributed by atoms with van der Waals surface area (Å²) in [7, 11) is 0. The first-order valence-corrected chi connectivity index (χ1v) is 2.27. The molecule has 1 aromatic rings. The van der Waals surface area contributed by atoms with E-state index in [4.69, 9.17) is 0 Å². The van der Waals surface area contributed by atoms with Crippen LogP contribution in [0.3, 0.4) is 0 Å². The topological polar surface area (TPSA) is 0 Å². The minimum absolute atomic E-state index is 0. The molecule has 0 nitrogen and oxygen atoms in total. The van der Waals surface area contributed by atoms with Gasteiger partial charge in [0.15, 0.2) is 0 Å². The third-order valence-corrected chi connectivity index (χ3v) is 0.944. The van der Waals surface area contributed by atoms with Gasteiger partial charge in [0, 0.05) is 18.9 Å².